The Morgan fingerprint density at radius 3 is 2.61 bits per heavy atom. The van der Waals surface area contributed by atoms with Crippen LogP contribution in [0.1, 0.15) is 67.4 Å². The molecule has 1 saturated carbocycles. The monoisotopic (exact) mass is 799 g/mol. The molecule has 0 unspecified atom stereocenters. The van der Waals surface area contributed by atoms with Gasteiger partial charge in [-0.05, 0) is 111 Å². The molecule has 5 aliphatic rings. The number of fused-ring (bicyclic) bond motifs is 4. The minimum Gasteiger partial charge on any atom is -0.487 e. The standard InChI is InChI=1S/C41H58ClN5O5S2/c1-29-8-7-16-41(51-3,28-44-18-19-45-20-21-47(53-4)26-36(45)25-44)37-14-11-33(37)24-46-17-6-5-9-31-22-35(42)13-10-34(31)27-52-39-15-12-32(23-38(39)46)40(48)43-54(49,50)30(29)2/h7,10,12-13,15-16,22-23,29-30,33,36-37H,5-6,8-9,11,14,17-21,24-28H2,1-4H3,(H,43,48)/b16-7+/t29-,30+,33-,36-,37+,41-/m0/s1. The fraction of sp³-hybridized carbons (Fsp3) is 0.634. The number of anilines is 1. The lowest BCUT2D eigenvalue weighted by Gasteiger charge is -2.53. The Kier molecular flexibility index (Phi) is 12.6. The highest BCUT2D eigenvalue weighted by atomic mass is 35.5. The van der Waals surface area contributed by atoms with Crippen LogP contribution in [-0.4, -0.2) is 118 Å². The van der Waals surface area contributed by atoms with E-state index >= 15 is 0 Å². The van der Waals surface area contributed by atoms with Gasteiger partial charge in [-0.15, -0.1) is 0 Å². The van der Waals surface area contributed by atoms with Gasteiger partial charge in [0.1, 0.15) is 18.0 Å². The molecule has 4 heterocycles. The van der Waals surface area contributed by atoms with Crippen LogP contribution in [0.3, 0.4) is 0 Å². The number of sulfonamides is 1. The summed E-state index contributed by atoms with van der Waals surface area (Å²) in [7, 11) is -2.09. The largest absolute Gasteiger partial charge is 0.487 e. The first-order valence-corrected chi connectivity index (χ1v) is 22.9. The summed E-state index contributed by atoms with van der Waals surface area (Å²) in [5, 5.41) is -0.0573. The average Bonchev–Trinajstić information content (AvgIpc) is 3.18. The van der Waals surface area contributed by atoms with Crippen molar-refractivity contribution in [1.82, 2.24) is 18.8 Å². The number of ether oxygens (including phenoxy) is 2. The van der Waals surface area contributed by atoms with Crippen LogP contribution in [0.5, 0.6) is 5.75 Å². The molecule has 7 rings (SSSR count). The predicted octanol–water partition coefficient (Wildman–Crippen LogP) is 6.10. The minimum absolute atomic E-state index is 0.219. The van der Waals surface area contributed by atoms with Crippen molar-refractivity contribution in [3.05, 3.63) is 70.3 Å². The van der Waals surface area contributed by atoms with Gasteiger partial charge >= 0.3 is 0 Å². The van der Waals surface area contributed by atoms with E-state index < -0.39 is 26.8 Å². The highest BCUT2D eigenvalue weighted by Gasteiger charge is 2.49. The molecule has 296 valence electrons. The number of rotatable bonds is 4. The van der Waals surface area contributed by atoms with Crippen molar-refractivity contribution in [2.45, 2.75) is 75.9 Å². The van der Waals surface area contributed by atoms with Crippen LogP contribution in [0.2, 0.25) is 5.02 Å². The van der Waals surface area contributed by atoms with Gasteiger partial charge in [0.25, 0.3) is 5.91 Å². The Morgan fingerprint density at radius 2 is 1.83 bits per heavy atom. The maximum atomic E-state index is 13.7. The summed E-state index contributed by atoms with van der Waals surface area (Å²) < 4.78 is 45.5. The van der Waals surface area contributed by atoms with E-state index in [0.717, 1.165) is 107 Å². The molecule has 54 heavy (non-hydrogen) atoms. The maximum absolute atomic E-state index is 13.7. The molecule has 0 aromatic heterocycles. The zero-order chi connectivity index (χ0) is 38.0. The quantitative estimate of drug-likeness (QED) is 0.289. The van der Waals surface area contributed by atoms with Gasteiger partial charge in [-0.1, -0.05) is 48.7 Å². The molecular weight excluding hydrogens is 742 g/mol. The average molecular weight is 801 g/mol. The molecule has 0 spiro atoms. The number of methoxy groups -OCH3 is 1. The zero-order valence-electron chi connectivity index (χ0n) is 32.3. The Hall–Kier alpha value is -2.32. The van der Waals surface area contributed by atoms with Crippen LogP contribution in [0.15, 0.2) is 48.6 Å². The topological polar surface area (TPSA) is 94.7 Å². The van der Waals surface area contributed by atoms with E-state index in [1.54, 1.807) is 13.0 Å². The van der Waals surface area contributed by atoms with Gasteiger partial charge < -0.3 is 14.4 Å². The van der Waals surface area contributed by atoms with Crippen LogP contribution in [-0.2, 0) is 27.8 Å². The van der Waals surface area contributed by atoms with Gasteiger partial charge in [-0.3, -0.25) is 14.6 Å². The minimum atomic E-state index is -3.96. The number of hydrogen-bond donors (Lipinski definition) is 1. The number of benzene rings is 2. The first-order valence-electron chi connectivity index (χ1n) is 19.8. The summed E-state index contributed by atoms with van der Waals surface area (Å²) in [4.78, 5) is 21.3. The molecule has 13 heteroatoms. The lowest BCUT2D eigenvalue weighted by molar-refractivity contribution is -0.100. The summed E-state index contributed by atoms with van der Waals surface area (Å²) in [5.74, 6) is 0.471. The highest BCUT2D eigenvalue weighted by Crippen LogP contribution is 2.47. The second-order valence-electron chi connectivity index (χ2n) is 16.2. The van der Waals surface area contributed by atoms with Crippen LogP contribution in [0.4, 0.5) is 5.69 Å². The van der Waals surface area contributed by atoms with Crippen molar-refractivity contribution in [2.75, 3.05) is 77.2 Å². The van der Waals surface area contributed by atoms with Crippen LogP contribution < -0.4 is 14.4 Å². The van der Waals surface area contributed by atoms with Crippen molar-refractivity contribution < 1.29 is 22.7 Å². The van der Waals surface area contributed by atoms with E-state index in [1.165, 1.54) is 5.56 Å². The second-order valence-corrected chi connectivity index (χ2v) is 19.5. The number of allylic oxidation sites excluding steroid dienone is 1. The lowest BCUT2D eigenvalue weighted by Crippen LogP contribution is -2.64. The fourth-order valence-corrected chi connectivity index (χ4v) is 11.3. The zero-order valence-corrected chi connectivity index (χ0v) is 34.7. The molecule has 2 bridgehead atoms. The van der Waals surface area contributed by atoms with Crippen LogP contribution in [0, 0.1) is 17.8 Å². The van der Waals surface area contributed by atoms with Gasteiger partial charge in [0.15, 0.2) is 0 Å². The molecule has 2 aromatic carbocycles. The van der Waals surface area contributed by atoms with Crippen LogP contribution >= 0.6 is 23.5 Å². The molecule has 0 radical (unpaired) electrons. The van der Waals surface area contributed by atoms with Gasteiger partial charge in [-0.2, -0.15) is 0 Å². The summed E-state index contributed by atoms with van der Waals surface area (Å²) in [6, 6.07) is 11.8. The number of nitrogens with zero attached hydrogens (tertiary/aromatic N) is 4. The number of nitrogens with one attached hydrogen (secondary N) is 1. The molecule has 2 saturated heterocycles. The number of aryl methyl sites for hydroxylation is 1. The molecule has 1 amide bonds. The number of hydrogen-bond acceptors (Lipinski definition) is 10. The second kappa shape index (κ2) is 17.0. The van der Waals surface area contributed by atoms with Gasteiger partial charge in [0, 0.05) is 82.6 Å². The maximum Gasteiger partial charge on any atom is 0.264 e. The molecule has 1 N–H and O–H groups in total. The van der Waals surface area contributed by atoms with Crippen molar-refractivity contribution in [1.29, 1.82) is 0 Å². The summed E-state index contributed by atoms with van der Waals surface area (Å²) in [5.41, 5.74) is 2.89. The molecule has 6 atom stereocenters. The van der Waals surface area contributed by atoms with E-state index in [1.807, 2.05) is 56.3 Å². The molecule has 2 aromatic rings. The third kappa shape index (κ3) is 8.65. The lowest BCUT2D eigenvalue weighted by atomic mass is 9.63. The molecule has 4 aliphatic heterocycles. The first-order chi connectivity index (χ1) is 26.0. The molecular formula is C41H58ClN5O5S2. The number of piperazine rings is 2. The molecule has 3 fully saturated rings. The summed E-state index contributed by atoms with van der Waals surface area (Å²) >= 11 is 8.26. The van der Waals surface area contributed by atoms with Crippen molar-refractivity contribution in [3.8, 4) is 5.75 Å². The van der Waals surface area contributed by atoms with E-state index in [0.29, 0.717) is 36.3 Å². The van der Waals surface area contributed by atoms with Gasteiger partial charge in [0.2, 0.25) is 10.0 Å². The number of carbonyl (C=O) groups is 1. The SMILES string of the molecule is CO[C@]1(CN2CCN3CCN(SC)C[C@@H]3C2)/C=C/C[C@H](C)[C@@H](C)S(=O)(=O)NC(=O)c2ccc3c(c2)N(CCCCc2cc(Cl)ccc2CO3)C[C@@H]2CC[C@H]21. The smallest absolute Gasteiger partial charge is 0.264 e. The third-order valence-electron chi connectivity index (χ3n) is 13.0. The van der Waals surface area contributed by atoms with E-state index in [9.17, 15) is 13.2 Å². The number of carbonyl (C=O) groups excluding carboxylic acids is 1. The summed E-state index contributed by atoms with van der Waals surface area (Å²) in [6.07, 6.45) is 12.1. The number of amides is 1. The molecule has 1 aliphatic carbocycles. The Balaban J connectivity index is 1.24. The summed E-state index contributed by atoms with van der Waals surface area (Å²) in [6.45, 7) is 12.7. The highest BCUT2D eigenvalue weighted by molar-refractivity contribution is 7.96. The van der Waals surface area contributed by atoms with Gasteiger partial charge in [-0.25, -0.2) is 17.4 Å². The van der Waals surface area contributed by atoms with Crippen molar-refractivity contribution >= 4 is 45.2 Å². The van der Waals surface area contributed by atoms with E-state index in [2.05, 4.69) is 42.1 Å². The first kappa shape index (κ1) is 39.9. The Morgan fingerprint density at radius 1 is 1.00 bits per heavy atom. The van der Waals surface area contributed by atoms with Crippen LogP contribution in [0.25, 0.3) is 0 Å². The fourth-order valence-electron chi connectivity index (χ4n) is 9.28. The van der Waals surface area contributed by atoms with Gasteiger partial charge in [0.05, 0.1) is 10.9 Å². The predicted molar refractivity (Wildman–Crippen MR) is 219 cm³/mol. The van der Waals surface area contributed by atoms with E-state index in [-0.39, 0.29) is 11.8 Å². The van der Waals surface area contributed by atoms with Crippen molar-refractivity contribution in [3.63, 3.8) is 0 Å². The number of halogens is 1. The normalized spacial score (nSPS) is 32.1. The third-order valence-corrected chi connectivity index (χ3v) is 16.0. The van der Waals surface area contributed by atoms with E-state index in [4.69, 9.17) is 21.1 Å². The molecule has 10 nitrogen and oxygen atoms in total. The Bertz CT molecular complexity index is 1800. The van der Waals surface area contributed by atoms with Crippen molar-refractivity contribution in [2.24, 2.45) is 17.8 Å². The Labute approximate surface area is 332 Å².